The number of likely N-dealkylation sites (N-methyl/N-ethyl adjacent to an activating group) is 1. The van der Waals surface area contributed by atoms with Crippen LogP contribution in [0.5, 0.6) is 0 Å². The van der Waals surface area contributed by atoms with E-state index in [9.17, 15) is 9.18 Å². The molecule has 0 bridgehead atoms. The van der Waals surface area contributed by atoms with Gasteiger partial charge < -0.3 is 20.5 Å². The number of halogens is 1. The van der Waals surface area contributed by atoms with Crippen LogP contribution >= 0.6 is 0 Å². The summed E-state index contributed by atoms with van der Waals surface area (Å²) in [5.74, 6) is -0.344. The highest BCUT2D eigenvalue weighted by molar-refractivity contribution is 6.01. The van der Waals surface area contributed by atoms with Crippen molar-refractivity contribution in [3.05, 3.63) is 79.1 Å². The number of anilines is 2. The van der Waals surface area contributed by atoms with Gasteiger partial charge in [-0.05, 0) is 74.1 Å². The number of H-pyrrole nitrogens is 2. The van der Waals surface area contributed by atoms with Gasteiger partial charge in [0.15, 0.2) is 0 Å². The molecule has 43 heavy (non-hydrogen) atoms. The largest absolute Gasteiger partial charge is 0.384 e. The molecular formula is C33H33FN8O. The number of rotatable bonds is 10. The summed E-state index contributed by atoms with van der Waals surface area (Å²) in [5.41, 5.74) is 8.05. The molecule has 0 aliphatic carbocycles. The maximum absolute atomic E-state index is 14.7. The normalized spacial score (nSPS) is 11.5. The molecule has 0 aliphatic rings. The van der Waals surface area contributed by atoms with Crippen LogP contribution < -0.4 is 10.6 Å². The lowest BCUT2D eigenvalue weighted by Gasteiger charge is -2.13. The second-order valence-corrected chi connectivity index (χ2v) is 10.9. The zero-order chi connectivity index (χ0) is 29.9. The standard InChI is InChI=1S/C33H33FN8O/c1-4-5-32(43)38-25-12-22(16-35-17-25)20-6-7-29-27(13-20)33(41-40-29)30-15-26-28(18-36-19-31(26)39-30)21-10-23(34)14-24(11-21)37-8-9-42(2)3/h6-7,10-19,37,39H,4-5,8-9H2,1-3H3,(H,38,43)(H,40,41). The van der Waals surface area contributed by atoms with Gasteiger partial charge in [0.2, 0.25) is 5.91 Å². The van der Waals surface area contributed by atoms with Gasteiger partial charge in [-0.3, -0.25) is 19.9 Å². The second-order valence-electron chi connectivity index (χ2n) is 10.9. The Morgan fingerprint density at radius 3 is 2.56 bits per heavy atom. The molecule has 9 nitrogen and oxygen atoms in total. The first-order valence-electron chi connectivity index (χ1n) is 14.3. The molecule has 0 saturated carbocycles. The van der Waals surface area contributed by atoms with E-state index in [1.165, 1.54) is 12.1 Å². The first kappa shape index (κ1) is 28.0. The fraction of sp³-hybridized carbons (Fsp3) is 0.212. The van der Waals surface area contributed by atoms with Crippen molar-refractivity contribution in [2.45, 2.75) is 19.8 Å². The van der Waals surface area contributed by atoms with Gasteiger partial charge in [0.05, 0.1) is 34.8 Å². The average molecular weight is 577 g/mol. The molecule has 0 spiro atoms. The summed E-state index contributed by atoms with van der Waals surface area (Å²) in [7, 11) is 4.01. The van der Waals surface area contributed by atoms with Crippen molar-refractivity contribution in [3.63, 3.8) is 0 Å². The number of carbonyl (C=O) groups excluding carboxylic acids is 1. The number of hydrogen-bond donors (Lipinski definition) is 4. The van der Waals surface area contributed by atoms with Crippen LogP contribution in [0, 0.1) is 5.82 Å². The highest BCUT2D eigenvalue weighted by Gasteiger charge is 2.16. The van der Waals surface area contributed by atoms with E-state index in [2.05, 4.69) is 46.7 Å². The Hall–Kier alpha value is -5.09. The fourth-order valence-corrected chi connectivity index (χ4v) is 5.20. The van der Waals surface area contributed by atoms with Crippen molar-refractivity contribution < 1.29 is 9.18 Å². The molecule has 0 atom stereocenters. The molecule has 0 fully saturated rings. The quantitative estimate of drug-likeness (QED) is 0.145. The Kier molecular flexibility index (Phi) is 7.84. The smallest absolute Gasteiger partial charge is 0.224 e. The number of carbonyl (C=O) groups is 1. The van der Waals surface area contributed by atoms with Crippen LogP contribution in [0.3, 0.4) is 0 Å². The Balaban J connectivity index is 1.35. The number of aromatic amines is 2. The number of nitrogens with one attached hydrogen (secondary N) is 4. The summed E-state index contributed by atoms with van der Waals surface area (Å²) in [6.45, 7) is 3.51. The average Bonchev–Trinajstić information content (AvgIpc) is 3.60. The van der Waals surface area contributed by atoms with E-state index < -0.39 is 0 Å². The molecule has 0 radical (unpaired) electrons. The minimum atomic E-state index is -0.313. The van der Waals surface area contributed by atoms with Crippen LogP contribution in [0.2, 0.25) is 0 Å². The highest BCUT2D eigenvalue weighted by atomic mass is 19.1. The van der Waals surface area contributed by atoms with Gasteiger partial charge in [-0.25, -0.2) is 4.39 Å². The Bertz CT molecular complexity index is 1930. The van der Waals surface area contributed by atoms with E-state index in [4.69, 9.17) is 0 Å². The summed E-state index contributed by atoms with van der Waals surface area (Å²) in [6, 6.07) is 15.0. The number of pyridine rings is 2. The van der Waals surface area contributed by atoms with E-state index in [1.807, 2.05) is 51.4 Å². The zero-order valence-corrected chi connectivity index (χ0v) is 24.3. The predicted octanol–water partition coefficient (Wildman–Crippen LogP) is 6.69. The molecule has 10 heteroatoms. The van der Waals surface area contributed by atoms with Gasteiger partial charge in [0, 0.05) is 59.5 Å². The maximum atomic E-state index is 14.7. The first-order valence-corrected chi connectivity index (χ1v) is 14.3. The zero-order valence-electron chi connectivity index (χ0n) is 24.3. The van der Waals surface area contributed by atoms with E-state index in [0.29, 0.717) is 18.7 Å². The molecule has 4 aromatic heterocycles. The molecule has 0 unspecified atom stereocenters. The SMILES string of the molecule is CCCC(=O)Nc1cncc(-c2ccc3[nH]nc(-c4cc5c(-c6cc(F)cc(NCCN(C)C)c6)cncc5[nH]4)c3c2)c1. The fourth-order valence-electron chi connectivity index (χ4n) is 5.20. The number of hydrogen-bond acceptors (Lipinski definition) is 6. The van der Waals surface area contributed by atoms with Crippen LogP contribution in [0.1, 0.15) is 19.8 Å². The molecule has 218 valence electrons. The topological polar surface area (TPSA) is 115 Å². The lowest BCUT2D eigenvalue weighted by atomic mass is 10.0. The first-order chi connectivity index (χ1) is 20.9. The number of fused-ring (bicyclic) bond motifs is 2. The van der Waals surface area contributed by atoms with Crippen LogP contribution in [0.25, 0.3) is 55.4 Å². The lowest BCUT2D eigenvalue weighted by Crippen LogP contribution is -2.20. The second kappa shape index (κ2) is 12.0. The Labute approximate surface area is 248 Å². The molecule has 4 heterocycles. The number of amides is 1. The van der Waals surface area contributed by atoms with Gasteiger partial charge in [0.1, 0.15) is 11.5 Å². The summed E-state index contributed by atoms with van der Waals surface area (Å²) >= 11 is 0. The minimum Gasteiger partial charge on any atom is -0.384 e. The number of nitrogens with zero attached hydrogens (tertiary/aromatic N) is 4. The van der Waals surface area contributed by atoms with Crippen molar-refractivity contribution in [3.8, 4) is 33.6 Å². The molecule has 0 aliphatic heterocycles. The molecule has 6 rings (SSSR count). The van der Waals surface area contributed by atoms with Gasteiger partial charge in [-0.15, -0.1) is 0 Å². The minimum absolute atomic E-state index is 0.0308. The van der Waals surface area contributed by atoms with Crippen molar-refractivity contribution in [2.75, 3.05) is 37.8 Å². The molecule has 6 aromatic rings. The van der Waals surface area contributed by atoms with Crippen molar-refractivity contribution in [1.29, 1.82) is 0 Å². The monoisotopic (exact) mass is 576 g/mol. The lowest BCUT2D eigenvalue weighted by molar-refractivity contribution is -0.116. The highest BCUT2D eigenvalue weighted by Crippen LogP contribution is 2.36. The molecule has 2 aromatic carbocycles. The number of aromatic nitrogens is 5. The van der Waals surface area contributed by atoms with Gasteiger partial charge >= 0.3 is 0 Å². The van der Waals surface area contributed by atoms with Gasteiger partial charge in [-0.1, -0.05) is 13.0 Å². The summed E-state index contributed by atoms with van der Waals surface area (Å²) < 4.78 is 14.7. The Morgan fingerprint density at radius 2 is 1.72 bits per heavy atom. The number of benzene rings is 2. The molecule has 1 amide bonds. The van der Waals surface area contributed by atoms with Crippen LogP contribution in [-0.2, 0) is 4.79 Å². The van der Waals surface area contributed by atoms with Crippen LogP contribution in [0.4, 0.5) is 15.8 Å². The van der Waals surface area contributed by atoms with Crippen molar-refractivity contribution in [2.24, 2.45) is 0 Å². The maximum Gasteiger partial charge on any atom is 0.224 e. The van der Waals surface area contributed by atoms with E-state index in [0.717, 1.165) is 74.1 Å². The van der Waals surface area contributed by atoms with Gasteiger partial charge in [0.25, 0.3) is 0 Å². The van der Waals surface area contributed by atoms with Crippen molar-refractivity contribution in [1.82, 2.24) is 30.0 Å². The molecule has 4 N–H and O–H groups in total. The third kappa shape index (κ3) is 6.09. The Morgan fingerprint density at radius 1 is 0.884 bits per heavy atom. The molecular weight excluding hydrogens is 543 g/mol. The van der Waals surface area contributed by atoms with E-state index >= 15 is 0 Å². The third-order valence-electron chi connectivity index (χ3n) is 7.29. The van der Waals surface area contributed by atoms with Crippen molar-refractivity contribution >= 4 is 39.1 Å². The predicted molar refractivity (Wildman–Crippen MR) is 170 cm³/mol. The van der Waals surface area contributed by atoms with Crippen LogP contribution in [0.15, 0.2) is 73.3 Å². The van der Waals surface area contributed by atoms with Crippen LogP contribution in [-0.4, -0.2) is 63.1 Å². The van der Waals surface area contributed by atoms with Gasteiger partial charge in [-0.2, -0.15) is 5.10 Å². The summed E-state index contributed by atoms with van der Waals surface area (Å²) in [4.78, 5) is 26.4. The van der Waals surface area contributed by atoms with E-state index in [-0.39, 0.29) is 11.7 Å². The summed E-state index contributed by atoms with van der Waals surface area (Å²) in [5, 5.41) is 15.8. The third-order valence-corrected chi connectivity index (χ3v) is 7.29. The van der Waals surface area contributed by atoms with E-state index in [1.54, 1.807) is 24.8 Å². The summed E-state index contributed by atoms with van der Waals surface area (Å²) in [6.07, 6.45) is 8.20. The molecule has 0 saturated heterocycles.